The lowest BCUT2D eigenvalue weighted by molar-refractivity contribution is 0.0224. The largest absolute Gasteiger partial charge is 0.444 e. The van der Waals surface area contributed by atoms with Gasteiger partial charge < -0.3 is 9.64 Å². The molecule has 0 aliphatic heterocycles. The maximum atomic E-state index is 12.4. The topological polar surface area (TPSA) is 29.5 Å². The van der Waals surface area contributed by atoms with E-state index in [9.17, 15) is 4.79 Å². The van der Waals surface area contributed by atoms with Gasteiger partial charge in [-0.15, -0.1) is 0 Å². The number of rotatable bonds is 4. The predicted octanol–water partition coefficient (Wildman–Crippen LogP) is 5.25. The molecule has 3 nitrogen and oxygen atoms in total. The van der Waals surface area contributed by atoms with E-state index in [0.717, 1.165) is 16.6 Å². The molecular weight excluding hydrogens is 354 g/mol. The SMILES string of the molecule is CC(C)(C)OC(=O)N(Cc1cccc(Cl)c1Br)CC1CC1. The summed E-state index contributed by atoms with van der Waals surface area (Å²) in [6, 6.07) is 5.70. The van der Waals surface area contributed by atoms with Crippen molar-refractivity contribution >= 4 is 33.6 Å². The van der Waals surface area contributed by atoms with Crippen LogP contribution >= 0.6 is 27.5 Å². The summed E-state index contributed by atoms with van der Waals surface area (Å²) < 4.78 is 6.35. The Morgan fingerprint density at radius 2 is 2.10 bits per heavy atom. The molecule has 1 aliphatic rings. The normalized spacial score (nSPS) is 14.9. The van der Waals surface area contributed by atoms with E-state index in [4.69, 9.17) is 16.3 Å². The summed E-state index contributed by atoms with van der Waals surface area (Å²) in [6.45, 7) is 6.90. The minimum Gasteiger partial charge on any atom is -0.444 e. The molecule has 1 fully saturated rings. The van der Waals surface area contributed by atoms with E-state index in [0.29, 0.717) is 17.5 Å². The van der Waals surface area contributed by atoms with Crippen molar-refractivity contribution < 1.29 is 9.53 Å². The van der Waals surface area contributed by atoms with Crippen LogP contribution in [-0.4, -0.2) is 23.1 Å². The third-order valence-electron chi connectivity index (χ3n) is 3.22. The van der Waals surface area contributed by atoms with Crippen LogP contribution in [0.1, 0.15) is 39.2 Å². The van der Waals surface area contributed by atoms with Crippen LogP contribution in [0.25, 0.3) is 0 Å². The van der Waals surface area contributed by atoms with E-state index in [1.54, 1.807) is 4.90 Å². The van der Waals surface area contributed by atoms with Crippen molar-refractivity contribution in [2.75, 3.05) is 6.54 Å². The Hall–Kier alpha value is -0.740. The zero-order valence-corrected chi connectivity index (χ0v) is 15.0. The van der Waals surface area contributed by atoms with Crippen LogP contribution in [0.3, 0.4) is 0 Å². The smallest absolute Gasteiger partial charge is 0.410 e. The molecule has 0 unspecified atom stereocenters. The Bertz CT molecular complexity index is 523. The Balaban J connectivity index is 2.12. The third kappa shape index (κ3) is 5.19. The number of carbonyl (C=O) groups excluding carboxylic acids is 1. The van der Waals surface area contributed by atoms with Crippen molar-refractivity contribution in [1.29, 1.82) is 0 Å². The van der Waals surface area contributed by atoms with E-state index in [1.165, 1.54) is 12.8 Å². The van der Waals surface area contributed by atoms with Gasteiger partial charge in [0.25, 0.3) is 0 Å². The molecule has 1 aromatic carbocycles. The second-order valence-corrected chi connectivity index (χ2v) is 7.72. The zero-order valence-electron chi connectivity index (χ0n) is 12.7. The maximum Gasteiger partial charge on any atom is 0.410 e. The van der Waals surface area contributed by atoms with Gasteiger partial charge in [0.15, 0.2) is 0 Å². The highest BCUT2D eigenvalue weighted by molar-refractivity contribution is 9.10. The first-order valence-corrected chi connectivity index (χ1v) is 8.34. The van der Waals surface area contributed by atoms with E-state index >= 15 is 0 Å². The summed E-state index contributed by atoms with van der Waals surface area (Å²) in [5, 5.41) is 0.656. The van der Waals surface area contributed by atoms with Gasteiger partial charge in [0, 0.05) is 11.0 Å². The molecule has 0 heterocycles. The van der Waals surface area contributed by atoms with Gasteiger partial charge in [-0.1, -0.05) is 23.7 Å². The lowest BCUT2D eigenvalue weighted by atomic mass is 10.2. The van der Waals surface area contributed by atoms with E-state index in [2.05, 4.69) is 15.9 Å². The minimum atomic E-state index is -0.482. The van der Waals surface area contributed by atoms with Crippen LogP contribution in [0.4, 0.5) is 4.79 Å². The second kappa shape index (κ2) is 6.57. The Labute approximate surface area is 139 Å². The van der Waals surface area contributed by atoms with Gasteiger partial charge in [-0.25, -0.2) is 4.79 Å². The second-order valence-electron chi connectivity index (χ2n) is 6.52. The quantitative estimate of drug-likeness (QED) is 0.720. The fraction of sp³-hybridized carbons (Fsp3) is 0.562. The first-order chi connectivity index (χ1) is 9.76. The number of benzene rings is 1. The van der Waals surface area contributed by atoms with E-state index in [-0.39, 0.29) is 6.09 Å². The molecular formula is C16H21BrClNO2. The lowest BCUT2D eigenvalue weighted by Gasteiger charge is -2.28. The molecule has 0 radical (unpaired) electrons. The Kier molecular flexibility index (Phi) is 5.20. The molecule has 2 rings (SSSR count). The number of nitrogens with zero attached hydrogens (tertiary/aromatic N) is 1. The predicted molar refractivity (Wildman–Crippen MR) is 88.5 cm³/mol. The minimum absolute atomic E-state index is 0.263. The number of carbonyl (C=O) groups is 1. The van der Waals surface area contributed by atoms with Gasteiger partial charge in [0.2, 0.25) is 0 Å². The fourth-order valence-electron chi connectivity index (χ4n) is 2.02. The van der Waals surface area contributed by atoms with Crippen molar-refractivity contribution in [3.8, 4) is 0 Å². The highest BCUT2D eigenvalue weighted by Gasteiger charge is 2.29. The van der Waals surface area contributed by atoms with Crippen molar-refractivity contribution in [3.05, 3.63) is 33.3 Å². The van der Waals surface area contributed by atoms with Crippen LogP contribution in [0.5, 0.6) is 0 Å². The molecule has 5 heteroatoms. The molecule has 1 saturated carbocycles. The summed E-state index contributed by atoms with van der Waals surface area (Å²) >= 11 is 9.61. The molecule has 0 atom stereocenters. The number of hydrogen-bond acceptors (Lipinski definition) is 2. The number of hydrogen-bond donors (Lipinski definition) is 0. The van der Waals surface area contributed by atoms with Crippen LogP contribution in [0.15, 0.2) is 22.7 Å². The van der Waals surface area contributed by atoms with Crippen LogP contribution in [-0.2, 0) is 11.3 Å². The van der Waals surface area contributed by atoms with Gasteiger partial charge in [0.1, 0.15) is 5.60 Å². The van der Waals surface area contributed by atoms with Crippen molar-refractivity contribution in [2.45, 2.75) is 45.8 Å². The maximum absolute atomic E-state index is 12.4. The van der Waals surface area contributed by atoms with E-state index < -0.39 is 5.60 Å². The first-order valence-electron chi connectivity index (χ1n) is 7.17. The molecule has 21 heavy (non-hydrogen) atoms. The summed E-state index contributed by atoms with van der Waals surface area (Å²) in [4.78, 5) is 14.2. The Morgan fingerprint density at radius 1 is 1.43 bits per heavy atom. The summed E-state index contributed by atoms with van der Waals surface area (Å²) in [6.07, 6.45) is 2.12. The van der Waals surface area contributed by atoms with Crippen molar-refractivity contribution in [2.24, 2.45) is 5.92 Å². The standard InChI is InChI=1S/C16H21BrClNO2/c1-16(2,3)21-15(20)19(9-11-7-8-11)10-12-5-4-6-13(18)14(12)17/h4-6,11H,7-10H2,1-3H3. The molecule has 0 aromatic heterocycles. The molecule has 0 N–H and O–H groups in total. The Morgan fingerprint density at radius 3 is 2.67 bits per heavy atom. The van der Waals surface area contributed by atoms with Gasteiger partial charge in [-0.3, -0.25) is 0 Å². The molecule has 1 aromatic rings. The van der Waals surface area contributed by atoms with Crippen molar-refractivity contribution in [1.82, 2.24) is 4.90 Å². The average Bonchev–Trinajstić information content (AvgIpc) is 3.15. The van der Waals surface area contributed by atoms with Crippen molar-refractivity contribution in [3.63, 3.8) is 0 Å². The van der Waals surface area contributed by atoms with E-state index in [1.807, 2.05) is 39.0 Å². The number of halogens is 2. The van der Waals surface area contributed by atoms with Crippen LogP contribution in [0.2, 0.25) is 5.02 Å². The number of ether oxygens (including phenoxy) is 1. The van der Waals surface area contributed by atoms with Gasteiger partial charge in [-0.05, 0) is 67.1 Å². The van der Waals surface area contributed by atoms with Gasteiger partial charge in [-0.2, -0.15) is 0 Å². The first kappa shape index (κ1) is 16.6. The zero-order chi connectivity index (χ0) is 15.6. The summed E-state index contributed by atoms with van der Waals surface area (Å²) in [7, 11) is 0. The monoisotopic (exact) mass is 373 g/mol. The molecule has 0 bridgehead atoms. The molecule has 1 aliphatic carbocycles. The molecule has 0 saturated heterocycles. The third-order valence-corrected chi connectivity index (χ3v) is 4.70. The van der Waals surface area contributed by atoms with Crippen LogP contribution < -0.4 is 0 Å². The highest BCUT2D eigenvalue weighted by atomic mass is 79.9. The lowest BCUT2D eigenvalue weighted by Crippen LogP contribution is -2.37. The summed E-state index contributed by atoms with van der Waals surface area (Å²) in [5.74, 6) is 0.607. The van der Waals surface area contributed by atoms with Crippen LogP contribution in [0, 0.1) is 5.92 Å². The number of amides is 1. The highest BCUT2D eigenvalue weighted by Crippen LogP contribution is 2.32. The van der Waals surface area contributed by atoms with Gasteiger partial charge in [0.05, 0.1) is 11.6 Å². The molecule has 116 valence electrons. The van der Waals surface area contributed by atoms with Gasteiger partial charge >= 0.3 is 6.09 Å². The average molecular weight is 375 g/mol. The summed E-state index contributed by atoms with van der Waals surface area (Å²) in [5.41, 5.74) is 0.513. The fourth-order valence-corrected chi connectivity index (χ4v) is 2.60. The molecule has 0 spiro atoms. The molecule has 1 amide bonds.